The fraction of sp³-hybridized carbons (Fsp3) is 0.182. The quantitative estimate of drug-likeness (QED) is 0.408. The van der Waals surface area contributed by atoms with Crippen molar-refractivity contribution in [3.05, 3.63) is 52.2 Å². The van der Waals surface area contributed by atoms with Gasteiger partial charge in [0.15, 0.2) is 6.10 Å². The van der Waals surface area contributed by atoms with Crippen LogP contribution in [0.4, 0.5) is 0 Å². The molecule has 17 heavy (non-hydrogen) atoms. The molecule has 0 spiro atoms. The fourth-order valence-electron chi connectivity index (χ4n) is 1.50. The van der Waals surface area contributed by atoms with E-state index in [4.69, 9.17) is 0 Å². The summed E-state index contributed by atoms with van der Waals surface area (Å²) in [4.78, 5) is 12.9. The zero-order valence-electron chi connectivity index (χ0n) is 8.65. The Hall–Kier alpha value is -1.53. The summed E-state index contributed by atoms with van der Waals surface area (Å²) in [5.74, 6) is 0. The summed E-state index contributed by atoms with van der Waals surface area (Å²) < 4.78 is 0. The van der Waals surface area contributed by atoms with Crippen molar-refractivity contribution in [2.45, 2.75) is 11.1 Å². The summed E-state index contributed by atoms with van der Waals surface area (Å²) >= 11 is 2.82. The predicted octanol–water partition coefficient (Wildman–Crippen LogP) is 2.27. The lowest BCUT2D eigenvalue weighted by Gasteiger charge is -2.10. The molecule has 0 radical (unpaired) electrons. The first-order chi connectivity index (χ1) is 8.09. The van der Waals surface area contributed by atoms with Gasteiger partial charge in [0.05, 0.1) is 11.2 Å². The number of hydrogen-bond acceptors (Lipinski definition) is 4. The SMILES string of the molecule is O=[N+]([O-])C(Br)C(O)c1ccc2ccccc2n1. The van der Waals surface area contributed by atoms with Gasteiger partial charge in [0.1, 0.15) is 0 Å². The fourth-order valence-corrected chi connectivity index (χ4v) is 1.77. The highest BCUT2D eigenvalue weighted by atomic mass is 79.9. The van der Waals surface area contributed by atoms with Gasteiger partial charge >= 0.3 is 0 Å². The third kappa shape index (κ3) is 2.42. The zero-order valence-corrected chi connectivity index (χ0v) is 10.2. The Bertz CT molecular complexity index is 561. The van der Waals surface area contributed by atoms with Crippen molar-refractivity contribution < 1.29 is 10.0 Å². The molecule has 1 aromatic carbocycles. The van der Waals surface area contributed by atoms with Gasteiger partial charge in [0.2, 0.25) is 0 Å². The first-order valence-electron chi connectivity index (χ1n) is 4.91. The molecule has 0 aliphatic heterocycles. The monoisotopic (exact) mass is 296 g/mol. The number of alkyl halides is 1. The Kier molecular flexibility index (Phi) is 3.35. The topological polar surface area (TPSA) is 76.3 Å². The van der Waals surface area contributed by atoms with E-state index in [1.54, 1.807) is 18.2 Å². The highest BCUT2D eigenvalue weighted by Crippen LogP contribution is 2.23. The largest absolute Gasteiger partial charge is 0.379 e. The van der Waals surface area contributed by atoms with Crippen LogP contribution in [-0.2, 0) is 0 Å². The molecule has 0 saturated carbocycles. The van der Waals surface area contributed by atoms with Gasteiger partial charge in [0.25, 0.3) is 4.95 Å². The summed E-state index contributed by atoms with van der Waals surface area (Å²) in [6.45, 7) is 0. The predicted molar refractivity (Wildman–Crippen MR) is 66.4 cm³/mol. The minimum Gasteiger partial charge on any atom is -0.379 e. The number of para-hydroxylation sites is 1. The molecule has 88 valence electrons. The maximum Gasteiger partial charge on any atom is 0.296 e. The maximum absolute atomic E-state index is 10.5. The minimum absolute atomic E-state index is 0.280. The molecule has 0 saturated heterocycles. The number of hydrogen-bond donors (Lipinski definition) is 1. The zero-order chi connectivity index (χ0) is 12.4. The van der Waals surface area contributed by atoms with E-state index in [1.165, 1.54) is 0 Å². The van der Waals surface area contributed by atoms with Gasteiger partial charge in [-0.05, 0) is 28.1 Å². The lowest BCUT2D eigenvalue weighted by Crippen LogP contribution is -2.21. The molecular weight excluding hydrogens is 288 g/mol. The van der Waals surface area contributed by atoms with Gasteiger partial charge in [-0.3, -0.25) is 10.1 Å². The molecule has 0 aliphatic carbocycles. The van der Waals surface area contributed by atoms with Crippen LogP contribution in [-0.4, -0.2) is 20.0 Å². The van der Waals surface area contributed by atoms with Crippen LogP contribution < -0.4 is 0 Å². The van der Waals surface area contributed by atoms with Gasteiger partial charge in [0, 0.05) is 10.3 Å². The molecule has 6 heteroatoms. The third-order valence-electron chi connectivity index (χ3n) is 2.38. The number of benzene rings is 1. The second-order valence-corrected chi connectivity index (χ2v) is 4.47. The smallest absolute Gasteiger partial charge is 0.296 e. The van der Waals surface area contributed by atoms with E-state index < -0.39 is 16.0 Å². The number of nitro groups is 1. The summed E-state index contributed by atoms with van der Waals surface area (Å²) in [6.07, 6.45) is -1.27. The Labute approximate surface area is 105 Å². The van der Waals surface area contributed by atoms with Crippen LogP contribution in [0, 0.1) is 10.1 Å². The van der Waals surface area contributed by atoms with Crippen LogP contribution in [0.5, 0.6) is 0 Å². The van der Waals surface area contributed by atoms with Crippen LogP contribution in [0.25, 0.3) is 10.9 Å². The van der Waals surface area contributed by atoms with E-state index in [0.29, 0.717) is 5.52 Å². The average Bonchev–Trinajstić information content (AvgIpc) is 2.36. The molecule has 0 amide bonds. The van der Waals surface area contributed by atoms with Crippen molar-refractivity contribution in [1.82, 2.24) is 4.98 Å². The number of rotatable bonds is 3. The van der Waals surface area contributed by atoms with Crippen LogP contribution >= 0.6 is 15.9 Å². The third-order valence-corrected chi connectivity index (χ3v) is 3.22. The van der Waals surface area contributed by atoms with Gasteiger partial charge in [-0.2, -0.15) is 0 Å². The molecule has 1 N–H and O–H groups in total. The molecule has 2 aromatic rings. The van der Waals surface area contributed by atoms with Crippen molar-refractivity contribution in [3.63, 3.8) is 0 Å². The standard InChI is InChI=1S/C11H9BrN2O3/c12-11(14(16)17)10(15)9-6-5-7-3-1-2-4-8(7)13-9/h1-6,10-11,15H. The molecule has 0 bridgehead atoms. The molecule has 0 aliphatic rings. The van der Waals surface area contributed by atoms with Crippen molar-refractivity contribution in [2.75, 3.05) is 0 Å². The summed E-state index contributed by atoms with van der Waals surface area (Å²) in [7, 11) is 0. The summed E-state index contributed by atoms with van der Waals surface area (Å²) in [5.41, 5.74) is 0.981. The van der Waals surface area contributed by atoms with Crippen LogP contribution in [0.2, 0.25) is 0 Å². The molecule has 2 rings (SSSR count). The maximum atomic E-state index is 10.5. The molecule has 0 fully saturated rings. The Balaban J connectivity index is 2.39. The Morgan fingerprint density at radius 3 is 2.71 bits per heavy atom. The summed E-state index contributed by atoms with van der Waals surface area (Å²) in [6, 6.07) is 10.7. The number of pyridine rings is 1. The van der Waals surface area contributed by atoms with E-state index in [0.717, 1.165) is 5.39 Å². The van der Waals surface area contributed by atoms with Crippen LogP contribution in [0.1, 0.15) is 11.8 Å². The number of aliphatic hydroxyl groups is 1. The average molecular weight is 297 g/mol. The first-order valence-corrected chi connectivity index (χ1v) is 5.82. The van der Waals surface area contributed by atoms with Crippen LogP contribution in [0.15, 0.2) is 36.4 Å². The highest BCUT2D eigenvalue weighted by Gasteiger charge is 2.28. The van der Waals surface area contributed by atoms with E-state index >= 15 is 0 Å². The van der Waals surface area contributed by atoms with Gasteiger partial charge in [-0.1, -0.05) is 24.3 Å². The number of nitrogens with zero attached hydrogens (tertiary/aromatic N) is 2. The number of fused-ring (bicyclic) bond motifs is 1. The summed E-state index contributed by atoms with van der Waals surface area (Å²) in [5, 5.41) is 21.2. The van der Waals surface area contributed by atoms with Crippen LogP contribution in [0.3, 0.4) is 0 Å². The molecule has 1 aromatic heterocycles. The van der Waals surface area contributed by atoms with Crippen molar-refractivity contribution in [2.24, 2.45) is 0 Å². The molecule has 2 unspecified atom stereocenters. The molecule has 1 heterocycles. The molecular formula is C11H9BrN2O3. The lowest BCUT2D eigenvalue weighted by molar-refractivity contribution is -0.505. The van der Waals surface area contributed by atoms with Gasteiger partial charge in [-0.25, -0.2) is 4.98 Å². The van der Waals surface area contributed by atoms with E-state index in [1.807, 2.05) is 18.2 Å². The first kappa shape index (κ1) is 11.9. The van der Waals surface area contributed by atoms with Gasteiger partial charge < -0.3 is 5.11 Å². The Morgan fingerprint density at radius 1 is 1.29 bits per heavy atom. The van der Waals surface area contributed by atoms with Crippen molar-refractivity contribution in [1.29, 1.82) is 0 Å². The number of halogens is 1. The number of aromatic nitrogens is 1. The molecule has 5 nitrogen and oxygen atoms in total. The normalized spacial score (nSPS) is 14.5. The minimum atomic E-state index is -1.27. The van der Waals surface area contributed by atoms with Gasteiger partial charge in [-0.15, -0.1) is 0 Å². The second kappa shape index (κ2) is 4.77. The highest BCUT2D eigenvalue weighted by molar-refractivity contribution is 9.09. The van der Waals surface area contributed by atoms with E-state index in [9.17, 15) is 15.2 Å². The van der Waals surface area contributed by atoms with Crippen molar-refractivity contribution >= 4 is 26.8 Å². The number of aliphatic hydroxyl groups excluding tert-OH is 1. The second-order valence-electron chi connectivity index (χ2n) is 3.53. The Morgan fingerprint density at radius 2 is 2.00 bits per heavy atom. The lowest BCUT2D eigenvalue weighted by atomic mass is 10.1. The molecule has 2 atom stereocenters. The van der Waals surface area contributed by atoms with E-state index in [2.05, 4.69) is 20.9 Å². The van der Waals surface area contributed by atoms with Crippen molar-refractivity contribution in [3.8, 4) is 0 Å². The van der Waals surface area contributed by atoms with E-state index in [-0.39, 0.29) is 5.69 Å².